The molecule has 1 atom stereocenters. The summed E-state index contributed by atoms with van der Waals surface area (Å²) < 4.78 is 5.41. The standard InChI is InChI=1S/C22H37N5O2.HI/c1-22(2,3)20(28)24-11-12-25-21(23-4)26-16-19(27-13-6-7-14-27)17-9-8-10-18(15-17)29-5;/h8-10,15,19H,6-7,11-14,16H2,1-5H3,(H,24,28)(H2,23,25,26);1H. The molecule has 1 aromatic rings. The fourth-order valence-corrected chi connectivity index (χ4v) is 3.40. The Balaban J connectivity index is 0.00000450. The third-order valence-electron chi connectivity index (χ3n) is 5.13. The van der Waals surface area contributed by atoms with Crippen molar-refractivity contribution in [1.29, 1.82) is 0 Å². The van der Waals surface area contributed by atoms with Crippen LogP contribution in [0.5, 0.6) is 5.75 Å². The number of aliphatic imine (C=N–C) groups is 1. The zero-order valence-electron chi connectivity index (χ0n) is 19.0. The van der Waals surface area contributed by atoms with E-state index in [0.29, 0.717) is 13.1 Å². The predicted octanol–water partition coefficient (Wildman–Crippen LogP) is 2.78. The van der Waals surface area contributed by atoms with Crippen LogP contribution in [0.1, 0.15) is 45.2 Å². The minimum atomic E-state index is -0.375. The van der Waals surface area contributed by atoms with Crippen LogP contribution < -0.4 is 20.7 Å². The predicted molar refractivity (Wildman–Crippen MR) is 134 cm³/mol. The van der Waals surface area contributed by atoms with Gasteiger partial charge in [0, 0.05) is 32.1 Å². The normalized spacial score (nSPS) is 15.8. The van der Waals surface area contributed by atoms with E-state index >= 15 is 0 Å². The molecule has 2 rings (SSSR count). The molecule has 1 amide bonds. The van der Waals surface area contributed by atoms with Crippen LogP contribution in [-0.2, 0) is 4.79 Å². The van der Waals surface area contributed by atoms with Gasteiger partial charge in [-0.25, -0.2) is 0 Å². The molecule has 0 spiro atoms. The molecule has 1 aromatic carbocycles. The second-order valence-electron chi connectivity index (χ2n) is 8.42. The minimum absolute atomic E-state index is 0. The minimum Gasteiger partial charge on any atom is -0.497 e. The smallest absolute Gasteiger partial charge is 0.225 e. The van der Waals surface area contributed by atoms with Crippen molar-refractivity contribution < 1.29 is 9.53 Å². The van der Waals surface area contributed by atoms with Crippen LogP contribution in [-0.4, -0.2) is 63.6 Å². The highest BCUT2D eigenvalue weighted by Gasteiger charge is 2.24. The van der Waals surface area contributed by atoms with Crippen LogP contribution in [0.25, 0.3) is 0 Å². The lowest BCUT2D eigenvalue weighted by atomic mass is 9.96. The molecular formula is C22H38IN5O2. The third kappa shape index (κ3) is 8.29. The maximum absolute atomic E-state index is 11.9. The maximum Gasteiger partial charge on any atom is 0.225 e. The van der Waals surface area contributed by atoms with Crippen LogP contribution in [0.3, 0.4) is 0 Å². The number of hydrogen-bond donors (Lipinski definition) is 3. The number of carbonyl (C=O) groups is 1. The van der Waals surface area contributed by atoms with Crippen molar-refractivity contribution in [2.75, 3.05) is 46.9 Å². The highest BCUT2D eigenvalue weighted by molar-refractivity contribution is 14.0. The van der Waals surface area contributed by atoms with E-state index in [0.717, 1.165) is 31.3 Å². The second kappa shape index (κ2) is 13.0. The van der Waals surface area contributed by atoms with Gasteiger partial charge in [-0.2, -0.15) is 0 Å². The first kappa shape index (κ1) is 26.5. The van der Waals surface area contributed by atoms with Crippen molar-refractivity contribution in [1.82, 2.24) is 20.9 Å². The summed E-state index contributed by atoms with van der Waals surface area (Å²) in [5.74, 6) is 1.67. The number of amides is 1. The first-order chi connectivity index (χ1) is 13.8. The van der Waals surface area contributed by atoms with Crippen molar-refractivity contribution in [2.45, 2.75) is 39.7 Å². The van der Waals surface area contributed by atoms with Gasteiger partial charge in [-0.3, -0.25) is 14.7 Å². The molecule has 0 bridgehead atoms. The Morgan fingerprint density at radius 1 is 1.17 bits per heavy atom. The SMILES string of the molecule is CN=C(NCCNC(=O)C(C)(C)C)NCC(c1cccc(OC)c1)N1CCCC1.I. The highest BCUT2D eigenvalue weighted by Crippen LogP contribution is 2.27. The van der Waals surface area contributed by atoms with Gasteiger partial charge in [0.25, 0.3) is 0 Å². The Labute approximate surface area is 198 Å². The number of nitrogens with one attached hydrogen (secondary N) is 3. The van der Waals surface area contributed by atoms with Crippen LogP contribution in [0, 0.1) is 5.41 Å². The van der Waals surface area contributed by atoms with E-state index < -0.39 is 0 Å². The van der Waals surface area contributed by atoms with E-state index in [2.05, 4.69) is 38.0 Å². The van der Waals surface area contributed by atoms with E-state index in [1.54, 1.807) is 14.2 Å². The number of guanidine groups is 1. The van der Waals surface area contributed by atoms with Crippen LogP contribution >= 0.6 is 24.0 Å². The van der Waals surface area contributed by atoms with E-state index in [9.17, 15) is 4.79 Å². The molecule has 1 saturated heterocycles. The first-order valence-electron chi connectivity index (χ1n) is 10.5. The molecule has 0 aliphatic carbocycles. The lowest BCUT2D eigenvalue weighted by molar-refractivity contribution is -0.128. The highest BCUT2D eigenvalue weighted by atomic mass is 127. The number of rotatable bonds is 8. The van der Waals surface area contributed by atoms with Crippen LogP contribution in [0.4, 0.5) is 0 Å². The van der Waals surface area contributed by atoms with Gasteiger partial charge in [0.2, 0.25) is 5.91 Å². The first-order valence-corrected chi connectivity index (χ1v) is 10.5. The molecule has 1 unspecified atom stereocenters. The Morgan fingerprint density at radius 2 is 1.83 bits per heavy atom. The monoisotopic (exact) mass is 531 g/mol. The number of carbonyl (C=O) groups excluding carboxylic acids is 1. The average Bonchev–Trinajstić information content (AvgIpc) is 3.23. The summed E-state index contributed by atoms with van der Waals surface area (Å²) in [5.41, 5.74) is 0.867. The summed E-state index contributed by atoms with van der Waals surface area (Å²) in [6.07, 6.45) is 2.47. The molecule has 7 nitrogen and oxygen atoms in total. The summed E-state index contributed by atoms with van der Waals surface area (Å²) in [4.78, 5) is 18.8. The maximum atomic E-state index is 11.9. The van der Waals surface area contributed by atoms with E-state index in [1.807, 2.05) is 32.9 Å². The molecule has 8 heteroatoms. The Morgan fingerprint density at radius 3 is 2.43 bits per heavy atom. The van der Waals surface area contributed by atoms with Gasteiger partial charge in [-0.15, -0.1) is 24.0 Å². The van der Waals surface area contributed by atoms with E-state index in [1.165, 1.54) is 18.4 Å². The number of ether oxygens (including phenoxy) is 1. The van der Waals surface area contributed by atoms with Gasteiger partial charge < -0.3 is 20.7 Å². The molecule has 1 fully saturated rings. The third-order valence-corrected chi connectivity index (χ3v) is 5.13. The summed E-state index contributed by atoms with van der Waals surface area (Å²) in [6.45, 7) is 9.87. The summed E-state index contributed by atoms with van der Waals surface area (Å²) in [5, 5.41) is 9.67. The second-order valence-corrected chi connectivity index (χ2v) is 8.42. The quantitative estimate of drug-likeness (QED) is 0.208. The van der Waals surface area contributed by atoms with Crippen molar-refractivity contribution in [3.8, 4) is 5.75 Å². The zero-order valence-corrected chi connectivity index (χ0v) is 21.3. The Kier molecular flexibility index (Phi) is 11.5. The Hall–Kier alpha value is -1.55. The fourth-order valence-electron chi connectivity index (χ4n) is 3.40. The zero-order chi connectivity index (χ0) is 21.3. The molecule has 0 radical (unpaired) electrons. The van der Waals surface area contributed by atoms with E-state index in [4.69, 9.17) is 4.74 Å². The van der Waals surface area contributed by atoms with Crippen LogP contribution in [0.15, 0.2) is 29.3 Å². The Bertz CT molecular complexity index is 684. The molecule has 0 aromatic heterocycles. The van der Waals surface area contributed by atoms with Gasteiger partial charge >= 0.3 is 0 Å². The molecule has 1 aliphatic rings. The molecular weight excluding hydrogens is 493 g/mol. The molecule has 1 heterocycles. The number of nitrogens with zero attached hydrogens (tertiary/aromatic N) is 2. The topological polar surface area (TPSA) is 78.0 Å². The van der Waals surface area contributed by atoms with E-state index in [-0.39, 0.29) is 41.3 Å². The number of methoxy groups -OCH3 is 1. The summed E-state index contributed by atoms with van der Waals surface area (Å²) in [7, 11) is 3.46. The van der Waals surface area contributed by atoms with Crippen molar-refractivity contribution in [3.63, 3.8) is 0 Å². The van der Waals surface area contributed by atoms with Gasteiger partial charge in [0.15, 0.2) is 5.96 Å². The van der Waals surface area contributed by atoms with Gasteiger partial charge in [-0.1, -0.05) is 32.9 Å². The molecule has 1 aliphatic heterocycles. The largest absolute Gasteiger partial charge is 0.497 e. The lowest BCUT2D eigenvalue weighted by Crippen LogP contribution is -2.45. The van der Waals surface area contributed by atoms with Crippen molar-refractivity contribution in [3.05, 3.63) is 29.8 Å². The number of hydrogen-bond acceptors (Lipinski definition) is 4. The molecule has 170 valence electrons. The number of likely N-dealkylation sites (tertiary alicyclic amines) is 1. The van der Waals surface area contributed by atoms with Gasteiger partial charge in [0.05, 0.1) is 13.2 Å². The van der Waals surface area contributed by atoms with Crippen molar-refractivity contribution in [2.24, 2.45) is 10.4 Å². The summed E-state index contributed by atoms with van der Waals surface area (Å²) in [6, 6.07) is 8.55. The summed E-state index contributed by atoms with van der Waals surface area (Å²) >= 11 is 0. The van der Waals surface area contributed by atoms with Gasteiger partial charge in [-0.05, 0) is 43.6 Å². The molecule has 30 heavy (non-hydrogen) atoms. The number of benzene rings is 1. The fraction of sp³-hybridized carbons (Fsp3) is 0.636. The van der Waals surface area contributed by atoms with Crippen molar-refractivity contribution >= 4 is 35.8 Å². The number of halogens is 1. The molecule has 3 N–H and O–H groups in total. The average molecular weight is 531 g/mol. The van der Waals surface area contributed by atoms with Gasteiger partial charge in [0.1, 0.15) is 5.75 Å². The lowest BCUT2D eigenvalue weighted by Gasteiger charge is -2.29. The molecule has 0 saturated carbocycles. The van der Waals surface area contributed by atoms with Crippen LogP contribution in [0.2, 0.25) is 0 Å².